The predicted molar refractivity (Wildman–Crippen MR) is 235 cm³/mol. The van der Waals surface area contributed by atoms with Crippen LogP contribution in [0.15, 0.2) is 0 Å². The molecule has 1 fully saturated rings. The van der Waals surface area contributed by atoms with Gasteiger partial charge in [0.05, 0.1) is 25.4 Å². The smallest absolute Gasteiger partial charge is 0.220 e. The summed E-state index contributed by atoms with van der Waals surface area (Å²) in [6, 6.07) is -0.711. The Bertz CT molecular complexity index is 862. The number of carbonyl (C=O) groups excluding carboxylic acids is 1. The van der Waals surface area contributed by atoms with Gasteiger partial charge < -0.3 is 40.3 Å². The number of carbonyl (C=O) groups is 1. The Kier molecular flexibility index (Phi) is 37.4. The van der Waals surface area contributed by atoms with Gasteiger partial charge in [-0.3, -0.25) is 4.79 Å². The SMILES string of the molecule is CCCCCCCCCCCCCCCCCCCCCCC(=O)NC(COC1OC(CO)C(O)C(O)C1O)C(O)CCCCCCCCCCCCCCCC. The van der Waals surface area contributed by atoms with Gasteiger partial charge in [0, 0.05) is 6.42 Å². The minimum atomic E-state index is -1.55. The highest BCUT2D eigenvalue weighted by molar-refractivity contribution is 5.76. The molecule has 0 saturated carbocycles. The van der Waals surface area contributed by atoms with Gasteiger partial charge in [-0.25, -0.2) is 0 Å². The Balaban J connectivity index is 2.26. The molecule has 9 heteroatoms. The predicted octanol–water partition coefficient (Wildman–Crippen LogP) is 10.7. The van der Waals surface area contributed by atoms with E-state index >= 15 is 0 Å². The Morgan fingerprint density at radius 2 is 0.877 bits per heavy atom. The molecule has 1 aliphatic rings. The highest BCUT2D eigenvalue weighted by Gasteiger charge is 2.44. The summed E-state index contributed by atoms with van der Waals surface area (Å²) in [6.45, 7) is 3.86. The van der Waals surface area contributed by atoms with Gasteiger partial charge in [-0.05, 0) is 12.8 Å². The zero-order valence-corrected chi connectivity index (χ0v) is 37.4. The summed E-state index contributed by atoms with van der Waals surface area (Å²) in [5.41, 5.74) is 0. The number of amides is 1. The van der Waals surface area contributed by atoms with Crippen LogP contribution in [0, 0.1) is 0 Å². The lowest BCUT2D eigenvalue weighted by molar-refractivity contribution is -0.302. The Morgan fingerprint density at radius 3 is 1.25 bits per heavy atom. The van der Waals surface area contributed by atoms with Crippen LogP contribution >= 0.6 is 0 Å². The minimum Gasteiger partial charge on any atom is -0.394 e. The molecule has 0 aromatic carbocycles. The summed E-state index contributed by atoms with van der Waals surface area (Å²) in [5, 5.41) is 54.4. The molecule has 0 bridgehead atoms. The van der Waals surface area contributed by atoms with Crippen LogP contribution in [-0.2, 0) is 14.3 Å². The molecule has 6 N–H and O–H groups in total. The van der Waals surface area contributed by atoms with Gasteiger partial charge in [0.2, 0.25) is 5.91 Å². The van der Waals surface area contributed by atoms with E-state index in [-0.39, 0.29) is 12.5 Å². The number of unbranched alkanes of at least 4 members (excludes halogenated alkanes) is 32. The fourth-order valence-corrected chi connectivity index (χ4v) is 8.22. The van der Waals surface area contributed by atoms with Crippen LogP contribution in [-0.4, -0.2) is 87.5 Å². The van der Waals surface area contributed by atoms with Crippen LogP contribution in [0.3, 0.4) is 0 Å². The van der Waals surface area contributed by atoms with Crippen LogP contribution in [0.4, 0.5) is 0 Å². The van der Waals surface area contributed by atoms with Crippen molar-refractivity contribution in [3.63, 3.8) is 0 Å². The third-order valence-corrected chi connectivity index (χ3v) is 12.2. The minimum absolute atomic E-state index is 0.131. The summed E-state index contributed by atoms with van der Waals surface area (Å²) < 4.78 is 11.3. The first-order valence-corrected chi connectivity index (χ1v) is 24.7. The van der Waals surface area contributed by atoms with E-state index in [0.29, 0.717) is 12.8 Å². The van der Waals surface area contributed by atoms with Crippen molar-refractivity contribution in [3.05, 3.63) is 0 Å². The second kappa shape index (κ2) is 39.3. The van der Waals surface area contributed by atoms with Crippen molar-refractivity contribution in [3.8, 4) is 0 Å². The molecule has 57 heavy (non-hydrogen) atoms. The molecule has 1 amide bonds. The van der Waals surface area contributed by atoms with Crippen molar-refractivity contribution in [2.24, 2.45) is 0 Å². The summed E-state index contributed by atoms with van der Waals surface area (Å²) >= 11 is 0. The fraction of sp³-hybridized carbons (Fsp3) is 0.979. The molecule has 0 aromatic heterocycles. The van der Waals surface area contributed by atoms with Gasteiger partial charge in [-0.15, -0.1) is 0 Å². The topological polar surface area (TPSA) is 149 Å². The lowest BCUT2D eigenvalue weighted by Gasteiger charge is -2.40. The summed E-state index contributed by atoms with van der Waals surface area (Å²) in [4.78, 5) is 13.0. The molecule has 0 aromatic rings. The maximum Gasteiger partial charge on any atom is 0.220 e. The van der Waals surface area contributed by atoms with E-state index in [0.717, 1.165) is 38.5 Å². The van der Waals surface area contributed by atoms with Gasteiger partial charge in [-0.1, -0.05) is 226 Å². The molecule has 9 nitrogen and oxygen atoms in total. The number of rotatable bonds is 42. The van der Waals surface area contributed by atoms with Gasteiger partial charge in [0.1, 0.15) is 24.4 Å². The van der Waals surface area contributed by atoms with E-state index in [1.54, 1.807) is 0 Å². The molecule has 1 rings (SSSR count). The van der Waals surface area contributed by atoms with Crippen molar-refractivity contribution in [1.29, 1.82) is 0 Å². The normalized spacial score (nSPS) is 20.9. The van der Waals surface area contributed by atoms with Crippen molar-refractivity contribution in [1.82, 2.24) is 5.32 Å². The van der Waals surface area contributed by atoms with Gasteiger partial charge in [-0.2, -0.15) is 0 Å². The average Bonchev–Trinajstić information content (AvgIpc) is 3.21. The molecule has 0 radical (unpaired) electrons. The van der Waals surface area contributed by atoms with Crippen molar-refractivity contribution in [2.75, 3.05) is 13.2 Å². The van der Waals surface area contributed by atoms with Gasteiger partial charge >= 0.3 is 0 Å². The Morgan fingerprint density at radius 1 is 0.526 bits per heavy atom. The maximum atomic E-state index is 13.0. The molecule has 1 heterocycles. The first-order chi connectivity index (χ1) is 27.8. The number of hydrogen-bond acceptors (Lipinski definition) is 8. The third-order valence-electron chi connectivity index (χ3n) is 12.2. The van der Waals surface area contributed by atoms with E-state index in [4.69, 9.17) is 9.47 Å². The fourth-order valence-electron chi connectivity index (χ4n) is 8.22. The number of nitrogens with one attached hydrogen (secondary N) is 1. The summed E-state index contributed by atoms with van der Waals surface area (Å²) in [7, 11) is 0. The van der Waals surface area contributed by atoms with E-state index in [2.05, 4.69) is 19.2 Å². The summed E-state index contributed by atoms with van der Waals surface area (Å²) in [6.07, 6.45) is 36.8. The van der Waals surface area contributed by atoms with Crippen LogP contribution in [0.25, 0.3) is 0 Å². The molecule has 7 unspecified atom stereocenters. The molecule has 7 atom stereocenters. The standard InChI is InChI=1S/C48H95NO8/c1-3-5-7-9-11-13-15-17-19-20-21-22-23-24-26-28-30-32-34-36-38-44(52)49-41(40-56-48-47(55)46(54)45(53)43(39-50)57-48)42(51)37-35-33-31-29-27-25-18-16-14-12-10-8-6-4-2/h41-43,45-48,50-51,53-55H,3-40H2,1-2H3,(H,49,52). The van der Waals surface area contributed by atoms with Crippen LogP contribution in [0.1, 0.15) is 245 Å². The second-order valence-electron chi connectivity index (χ2n) is 17.6. The molecule has 0 spiro atoms. The van der Waals surface area contributed by atoms with E-state index in [1.165, 1.54) is 180 Å². The molecular weight excluding hydrogens is 719 g/mol. The zero-order valence-electron chi connectivity index (χ0n) is 37.4. The van der Waals surface area contributed by atoms with E-state index in [9.17, 15) is 30.3 Å². The number of aliphatic hydroxyl groups excluding tert-OH is 5. The van der Waals surface area contributed by atoms with Crippen LogP contribution in [0.5, 0.6) is 0 Å². The molecule has 340 valence electrons. The molecule has 1 aliphatic heterocycles. The average molecular weight is 814 g/mol. The Labute approximate surface area is 351 Å². The zero-order chi connectivity index (χ0) is 41.6. The number of aliphatic hydroxyl groups is 5. The van der Waals surface area contributed by atoms with Crippen molar-refractivity contribution < 1.29 is 39.8 Å². The van der Waals surface area contributed by atoms with E-state index in [1.807, 2.05) is 0 Å². The van der Waals surface area contributed by atoms with E-state index < -0.39 is 49.5 Å². The van der Waals surface area contributed by atoms with Gasteiger partial charge in [0.25, 0.3) is 0 Å². The maximum absolute atomic E-state index is 13.0. The largest absolute Gasteiger partial charge is 0.394 e. The molecule has 0 aliphatic carbocycles. The first-order valence-electron chi connectivity index (χ1n) is 24.7. The van der Waals surface area contributed by atoms with Crippen molar-refractivity contribution >= 4 is 5.91 Å². The highest BCUT2D eigenvalue weighted by atomic mass is 16.7. The van der Waals surface area contributed by atoms with Crippen LogP contribution in [0.2, 0.25) is 0 Å². The quantitative estimate of drug-likeness (QED) is 0.0334. The monoisotopic (exact) mass is 814 g/mol. The molecule has 1 saturated heterocycles. The third kappa shape index (κ3) is 30.0. The van der Waals surface area contributed by atoms with Crippen LogP contribution < -0.4 is 5.32 Å². The van der Waals surface area contributed by atoms with Crippen molar-refractivity contribution in [2.45, 2.75) is 288 Å². The highest BCUT2D eigenvalue weighted by Crippen LogP contribution is 2.23. The number of hydrogen-bond donors (Lipinski definition) is 6. The molecular formula is C48H95NO8. The van der Waals surface area contributed by atoms with Gasteiger partial charge in [0.15, 0.2) is 6.29 Å². The lowest BCUT2D eigenvalue weighted by Crippen LogP contribution is -2.60. The second-order valence-corrected chi connectivity index (χ2v) is 17.6. The summed E-state index contributed by atoms with van der Waals surface area (Å²) in [5.74, 6) is -0.139. The number of ether oxygens (including phenoxy) is 2. The Hall–Kier alpha value is -0.810. The lowest BCUT2D eigenvalue weighted by atomic mass is 9.99. The first kappa shape index (κ1) is 54.2.